The number of benzene rings is 2. The third kappa shape index (κ3) is 3.19. The van der Waals surface area contributed by atoms with Gasteiger partial charge in [-0.1, -0.05) is 44.2 Å². The minimum absolute atomic E-state index is 0.229. The molecule has 0 spiro atoms. The van der Waals surface area contributed by atoms with Gasteiger partial charge in [-0.15, -0.1) is 0 Å². The standard InChI is InChI=1S/C22H26N2O2S/c1-16(2)17-8-10-20(11-9-17)27(25,26)24-13-12-19(15-24)22-14-18-6-4-5-7-21(18)23(22)3/h4-11,14,16,19H,12-13,15H2,1-3H3. The molecular formula is C22H26N2O2S. The SMILES string of the molecule is CC(C)c1ccc(S(=O)(=O)N2CCC(c3cc4ccccc4n3C)C2)cc1. The van der Waals surface area contributed by atoms with Crippen LogP contribution < -0.4 is 0 Å². The van der Waals surface area contributed by atoms with Gasteiger partial charge >= 0.3 is 0 Å². The van der Waals surface area contributed by atoms with Crippen molar-refractivity contribution in [1.29, 1.82) is 0 Å². The summed E-state index contributed by atoms with van der Waals surface area (Å²) in [5, 5.41) is 1.21. The number of sulfonamides is 1. The molecule has 0 radical (unpaired) electrons. The molecule has 142 valence electrons. The van der Waals surface area contributed by atoms with Crippen LogP contribution in [0.4, 0.5) is 0 Å². The van der Waals surface area contributed by atoms with Crippen molar-refractivity contribution in [2.45, 2.75) is 37.0 Å². The van der Waals surface area contributed by atoms with Gasteiger partial charge < -0.3 is 4.57 Å². The van der Waals surface area contributed by atoms with Crippen LogP contribution in [0.15, 0.2) is 59.5 Å². The van der Waals surface area contributed by atoms with Crippen LogP contribution in [-0.2, 0) is 17.1 Å². The molecule has 1 fully saturated rings. The van der Waals surface area contributed by atoms with Gasteiger partial charge in [0.2, 0.25) is 10.0 Å². The minimum Gasteiger partial charge on any atom is -0.347 e. The van der Waals surface area contributed by atoms with Crippen molar-refractivity contribution < 1.29 is 8.42 Å². The van der Waals surface area contributed by atoms with E-state index >= 15 is 0 Å². The third-order valence-electron chi connectivity index (χ3n) is 5.74. The molecule has 27 heavy (non-hydrogen) atoms. The molecule has 2 heterocycles. The maximum atomic E-state index is 13.1. The van der Waals surface area contributed by atoms with Crippen LogP contribution in [0.25, 0.3) is 10.9 Å². The first-order valence-electron chi connectivity index (χ1n) is 9.52. The molecule has 1 aliphatic heterocycles. The summed E-state index contributed by atoms with van der Waals surface area (Å²) in [4.78, 5) is 0.393. The smallest absolute Gasteiger partial charge is 0.243 e. The predicted molar refractivity (Wildman–Crippen MR) is 110 cm³/mol. The number of hydrogen-bond acceptors (Lipinski definition) is 2. The number of para-hydroxylation sites is 1. The summed E-state index contributed by atoms with van der Waals surface area (Å²) in [6, 6.07) is 17.8. The Labute approximate surface area is 161 Å². The lowest BCUT2D eigenvalue weighted by Crippen LogP contribution is -2.28. The van der Waals surface area contributed by atoms with E-state index in [0.717, 1.165) is 12.0 Å². The van der Waals surface area contributed by atoms with Crippen molar-refractivity contribution in [3.8, 4) is 0 Å². The zero-order valence-corrected chi connectivity index (χ0v) is 16.9. The Morgan fingerprint density at radius 1 is 1.04 bits per heavy atom. The summed E-state index contributed by atoms with van der Waals surface area (Å²) in [5.41, 5.74) is 3.56. The Bertz CT molecular complexity index is 1070. The Hall–Kier alpha value is -2.11. The summed E-state index contributed by atoms with van der Waals surface area (Å²) in [6.45, 7) is 5.33. The van der Waals surface area contributed by atoms with E-state index < -0.39 is 10.0 Å². The predicted octanol–water partition coefficient (Wildman–Crippen LogP) is 4.48. The Kier molecular flexibility index (Phi) is 4.60. The van der Waals surface area contributed by atoms with Crippen molar-refractivity contribution in [1.82, 2.24) is 8.87 Å². The van der Waals surface area contributed by atoms with E-state index in [0.29, 0.717) is 23.9 Å². The first-order valence-corrected chi connectivity index (χ1v) is 11.0. The monoisotopic (exact) mass is 382 g/mol. The second kappa shape index (κ2) is 6.80. The van der Waals surface area contributed by atoms with E-state index in [-0.39, 0.29) is 5.92 Å². The summed E-state index contributed by atoms with van der Waals surface area (Å²) in [6.07, 6.45) is 0.855. The van der Waals surface area contributed by atoms with Crippen LogP contribution >= 0.6 is 0 Å². The number of fused-ring (bicyclic) bond motifs is 1. The van der Waals surface area contributed by atoms with Crippen LogP contribution in [0.5, 0.6) is 0 Å². The van der Waals surface area contributed by atoms with E-state index in [1.165, 1.54) is 16.6 Å². The highest BCUT2D eigenvalue weighted by atomic mass is 32.2. The van der Waals surface area contributed by atoms with Crippen molar-refractivity contribution in [3.63, 3.8) is 0 Å². The fraction of sp³-hybridized carbons (Fsp3) is 0.364. The average molecular weight is 383 g/mol. The van der Waals surface area contributed by atoms with Gasteiger partial charge in [0.05, 0.1) is 4.90 Å². The van der Waals surface area contributed by atoms with Gasteiger partial charge in [-0.2, -0.15) is 4.31 Å². The summed E-state index contributed by atoms with van der Waals surface area (Å²) in [7, 11) is -1.37. The fourth-order valence-corrected chi connectivity index (χ4v) is 5.56. The van der Waals surface area contributed by atoms with E-state index in [4.69, 9.17) is 0 Å². The van der Waals surface area contributed by atoms with Crippen LogP contribution in [-0.4, -0.2) is 30.4 Å². The molecule has 0 N–H and O–H groups in total. The molecule has 1 atom stereocenters. The molecule has 2 aromatic carbocycles. The summed E-state index contributed by atoms with van der Waals surface area (Å²) in [5.74, 6) is 0.622. The summed E-state index contributed by atoms with van der Waals surface area (Å²) >= 11 is 0. The largest absolute Gasteiger partial charge is 0.347 e. The number of aromatic nitrogens is 1. The zero-order valence-electron chi connectivity index (χ0n) is 16.1. The van der Waals surface area contributed by atoms with E-state index in [1.54, 1.807) is 16.4 Å². The molecule has 4 nitrogen and oxygen atoms in total. The van der Waals surface area contributed by atoms with Gasteiger partial charge in [0, 0.05) is 37.3 Å². The molecule has 4 rings (SSSR count). The zero-order chi connectivity index (χ0) is 19.2. The molecule has 3 aromatic rings. The molecule has 1 unspecified atom stereocenters. The molecule has 0 amide bonds. The average Bonchev–Trinajstić information content (AvgIpc) is 3.28. The minimum atomic E-state index is -3.44. The summed E-state index contributed by atoms with van der Waals surface area (Å²) < 4.78 is 30.0. The van der Waals surface area contributed by atoms with Crippen molar-refractivity contribution in [3.05, 3.63) is 65.9 Å². The Balaban J connectivity index is 1.58. The fourth-order valence-electron chi connectivity index (χ4n) is 4.06. The van der Waals surface area contributed by atoms with Gasteiger partial charge in [-0.3, -0.25) is 0 Å². The molecule has 0 aliphatic carbocycles. The highest BCUT2D eigenvalue weighted by Crippen LogP contribution is 2.34. The highest BCUT2D eigenvalue weighted by molar-refractivity contribution is 7.89. The van der Waals surface area contributed by atoms with Crippen LogP contribution in [0, 0.1) is 0 Å². The maximum absolute atomic E-state index is 13.1. The molecule has 5 heteroatoms. The topological polar surface area (TPSA) is 42.3 Å². The molecular weight excluding hydrogens is 356 g/mol. The van der Waals surface area contributed by atoms with Crippen molar-refractivity contribution in [2.24, 2.45) is 7.05 Å². The van der Waals surface area contributed by atoms with E-state index in [9.17, 15) is 8.42 Å². The first-order chi connectivity index (χ1) is 12.9. The van der Waals surface area contributed by atoms with Crippen molar-refractivity contribution >= 4 is 20.9 Å². The number of hydrogen-bond donors (Lipinski definition) is 0. The Morgan fingerprint density at radius 2 is 1.74 bits per heavy atom. The molecule has 1 aliphatic rings. The quantitative estimate of drug-likeness (QED) is 0.668. The normalized spacial score (nSPS) is 18.6. The van der Waals surface area contributed by atoms with Gasteiger partial charge in [0.1, 0.15) is 0 Å². The number of nitrogens with zero attached hydrogens (tertiary/aromatic N) is 2. The lowest BCUT2D eigenvalue weighted by molar-refractivity contribution is 0.471. The molecule has 0 bridgehead atoms. The second-order valence-electron chi connectivity index (χ2n) is 7.76. The molecule has 1 aromatic heterocycles. The Morgan fingerprint density at radius 3 is 2.41 bits per heavy atom. The first kappa shape index (κ1) is 18.3. The van der Waals surface area contributed by atoms with Gasteiger partial charge in [-0.05, 0) is 47.6 Å². The number of aryl methyl sites for hydroxylation is 1. The van der Waals surface area contributed by atoms with Crippen LogP contribution in [0.2, 0.25) is 0 Å². The van der Waals surface area contributed by atoms with Gasteiger partial charge in [0.25, 0.3) is 0 Å². The van der Waals surface area contributed by atoms with Gasteiger partial charge in [0.15, 0.2) is 0 Å². The van der Waals surface area contributed by atoms with Crippen LogP contribution in [0.1, 0.15) is 43.4 Å². The second-order valence-corrected chi connectivity index (χ2v) is 9.70. The number of rotatable bonds is 4. The van der Waals surface area contributed by atoms with Crippen molar-refractivity contribution in [2.75, 3.05) is 13.1 Å². The van der Waals surface area contributed by atoms with E-state index in [1.807, 2.05) is 24.3 Å². The highest BCUT2D eigenvalue weighted by Gasteiger charge is 2.34. The lowest BCUT2D eigenvalue weighted by atomic mass is 10.0. The van der Waals surface area contributed by atoms with Gasteiger partial charge in [-0.25, -0.2) is 8.42 Å². The third-order valence-corrected chi connectivity index (χ3v) is 7.62. The maximum Gasteiger partial charge on any atom is 0.243 e. The van der Waals surface area contributed by atoms with E-state index in [2.05, 4.69) is 43.7 Å². The molecule has 0 saturated carbocycles. The lowest BCUT2D eigenvalue weighted by Gasteiger charge is -2.17. The molecule has 1 saturated heterocycles. The van der Waals surface area contributed by atoms with Crippen LogP contribution in [0.3, 0.4) is 0 Å².